The molecule has 0 radical (unpaired) electrons. The average molecular weight is 343 g/mol. The second-order valence-corrected chi connectivity index (χ2v) is 6.27. The maximum absolute atomic E-state index is 14.2. The number of H-pyrrole nitrogens is 1. The zero-order valence-corrected chi connectivity index (χ0v) is 13.7. The summed E-state index contributed by atoms with van der Waals surface area (Å²) in [6.45, 7) is 0. The fraction of sp³-hybridized carbons (Fsp3) is 0.353. The zero-order chi connectivity index (χ0) is 17.4. The van der Waals surface area contributed by atoms with E-state index >= 15 is 0 Å². The number of halogens is 1. The molecule has 1 fully saturated rings. The van der Waals surface area contributed by atoms with Crippen molar-refractivity contribution >= 4 is 16.9 Å². The van der Waals surface area contributed by atoms with Crippen molar-refractivity contribution in [2.24, 2.45) is 7.05 Å². The van der Waals surface area contributed by atoms with Crippen molar-refractivity contribution < 1.29 is 13.9 Å². The molecule has 8 heteroatoms. The van der Waals surface area contributed by atoms with E-state index in [0.717, 1.165) is 19.3 Å². The van der Waals surface area contributed by atoms with E-state index in [2.05, 4.69) is 20.4 Å². The van der Waals surface area contributed by atoms with Gasteiger partial charge >= 0.3 is 0 Å². The number of carbonyl (C=O) groups is 1. The Hall–Kier alpha value is -2.90. The Balaban J connectivity index is 1.49. The highest BCUT2D eigenvalue weighted by Gasteiger charge is 2.31. The number of imidazole rings is 1. The van der Waals surface area contributed by atoms with Crippen LogP contribution in [-0.2, 0) is 7.05 Å². The van der Waals surface area contributed by atoms with Gasteiger partial charge in [0, 0.05) is 13.1 Å². The van der Waals surface area contributed by atoms with Crippen LogP contribution in [0.1, 0.15) is 29.6 Å². The molecule has 1 aromatic carbocycles. The molecule has 0 bridgehead atoms. The van der Waals surface area contributed by atoms with Crippen LogP contribution in [0, 0.1) is 5.82 Å². The van der Waals surface area contributed by atoms with Gasteiger partial charge in [0.2, 0.25) is 0 Å². The SMILES string of the molecule is Cn1cc(O[C@@H]2CCC[C@@H]2NC(=O)c2cc3nc[nH]c3cc2F)cn1. The smallest absolute Gasteiger partial charge is 0.254 e. The van der Waals surface area contributed by atoms with Crippen molar-refractivity contribution in [1.82, 2.24) is 25.1 Å². The van der Waals surface area contributed by atoms with Crippen molar-refractivity contribution in [2.75, 3.05) is 0 Å². The van der Waals surface area contributed by atoms with Gasteiger partial charge in [0.05, 0.1) is 41.4 Å². The Morgan fingerprint density at radius 1 is 1.44 bits per heavy atom. The Morgan fingerprint density at radius 2 is 2.32 bits per heavy atom. The second-order valence-electron chi connectivity index (χ2n) is 6.27. The van der Waals surface area contributed by atoms with Crippen LogP contribution in [0.25, 0.3) is 11.0 Å². The number of ether oxygens (including phenoxy) is 1. The third-order valence-electron chi connectivity index (χ3n) is 4.49. The number of nitrogens with one attached hydrogen (secondary N) is 2. The topological polar surface area (TPSA) is 84.8 Å². The number of aryl methyl sites for hydroxylation is 1. The first kappa shape index (κ1) is 15.6. The highest BCUT2D eigenvalue weighted by molar-refractivity contribution is 5.97. The number of amides is 1. The molecule has 130 valence electrons. The van der Waals surface area contributed by atoms with Gasteiger partial charge < -0.3 is 15.0 Å². The summed E-state index contributed by atoms with van der Waals surface area (Å²) in [7, 11) is 1.81. The van der Waals surface area contributed by atoms with E-state index in [1.165, 1.54) is 18.5 Å². The normalized spacial score (nSPS) is 20.1. The van der Waals surface area contributed by atoms with Crippen LogP contribution in [0.2, 0.25) is 0 Å². The van der Waals surface area contributed by atoms with Gasteiger partial charge in [0.25, 0.3) is 5.91 Å². The quantitative estimate of drug-likeness (QED) is 0.760. The molecule has 2 atom stereocenters. The predicted molar refractivity (Wildman–Crippen MR) is 88.8 cm³/mol. The number of nitrogens with zero attached hydrogens (tertiary/aromatic N) is 3. The van der Waals surface area contributed by atoms with Crippen molar-refractivity contribution in [1.29, 1.82) is 0 Å². The van der Waals surface area contributed by atoms with Gasteiger partial charge in [0.1, 0.15) is 11.9 Å². The third-order valence-corrected chi connectivity index (χ3v) is 4.49. The van der Waals surface area contributed by atoms with Gasteiger partial charge in [-0.3, -0.25) is 9.48 Å². The van der Waals surface area contributed by atoms with E-state index in [1.54, 1.807) is 17.1 Å². The summed E-state index contributed by atoms with van der Waals surface area (Å²) < 4.78 is 21.8. The Bertz CT molecular complexity index is 919. The van der Waals surface area contributed by atoms with Crippen LogP contribution >= 0.6 is 0 Å². The molecule has 0 aliphatic heterocycles. The fourth-order valence-electron chi connectivity index (χ4n) is 3.24. The van der Waals surface area contributed by atoms with Crippen LogP contribution in [-0.4, -0.2) is 37.8 Å². The lowest BCUT2D eigenvalue weighted by Crippen LogP contribution is -2.42. The second kappa shape index (κ2) is 6.19. The number of fused-ring (bicyclic) bond motifs is 1. The predicted octanol–water partition coefficient (Wildman–Crippen LogP) is 2.17. The number of aromatic amines is 1. The summed E-state index contributed by atoms with van der Waals surface area (Å²) in [6.07, 6.45) is 7.32. The van der Waals surface area contributed by atoms with Gasteiger partial charge in [0.15, 0.2) is 5.75 Å². The van der Waals surface area contributed by atoms with Crippen molar-refractivity contribution in [3.05, 3.63) is 42.2 Å². The number of hydrogen-bond donors (Lipinski definition) is 2. The summed E-state index contributed by atoms with van der Waals surface area (Å²) in [6, 6.07) is 2.58. The Morgan fingerprint density at radius 3 is 3.12 bits per heavy atom. The van der Waals surface area contributed by atoms with E-state index < -0.39 is 11.7 Å². The number of aromatic nitrogens is 4. The molecule has 1 aliphatic carbocycles. The molecule has 1 amide bonds. The lowest BCUT2D eigenvalue weighted by molar-refractivity contribution is 0.0890. The number of hydrogen-bond acceptors (Lipinski definition) is 4. The molecule has 2 heterocycles. The summed E-state index contributed by atoms with van der Waals surface area (Å²) in [5.74, 6) is -0.358. The first-order chi connectivity index (χ1) is 12.1. The lowest BCUT2D eigenvalue weighted by atomic mass is 10.1. The van der Waals surface area contributed by atoms with Crippen LogP contribution < -0.4 is 10.1 Å². The molecule has 7 nitrogen and oxygen atoms in total. The van der Waals surface area contributed by atoms with Gasteiger partial charge in [-0.1, -0.05) is 0 Å². The minimum Gasteiger partial charge on any atom is -0.485 e. The van der Waals surface area contributed by atoms with Crippen LogP contribution in [0.3, 0.4) is 0 Å². The van der Waals surface area contributed by atoms with E-state index in [4.69, 9.17) is 4.74 Å². The molecule has 3 aromatic rings. The van der Waals surface area contributed by atoms with Crippen LogP contribution in [0.4, 0.5) is 4.39 Å². The standard InChI is InChI=1S/C17H18FN5O2/c1-23-8-10(7-21-23)25-16-4-2-3-13(16)22-17(24)11-5-14-15(6-12(11)18)20-9-19-14/h5-9,13,16H,2-4H2,1H3,(H,19,20)(H,22,24)/t13-,16+/m0/s1. The summed E-state index contributed by atoms with van der Waals surface area (Å²) in [5.41, 5.74) is 1.11. The van der Waals surface area contributed by atoms with E-state index in [0.29, 0.717) is 16.8 Å². The van der Waals surface area contributed by atoms with Crippen molar-refractivity contribution in [3.8, 4) is 5.75 Å². The van der Waals surface area contributed by atoms with Gasteiger partial charge in [-0.15, -0.1) is 0 Å². The summed E-state index contributed by atoms with van der Waals surface area (Å²) >= 11 is 0. The first-order valence-electron chi connectivity index (χ1n) is 8.19. The molecule has 1 saturated carbocycles. The van der Waals surface area contributed by atoms with E-state index in [-0.39, 0.29) is 17.7 Å². The highest BCUT2D eigenvalue weighted by Crippen LogP contribution is 2.25. The van der Waals surface area contributed by atoms with Crippen molar-refractivity contribution in [2.45, 2.75) is 31.4 Å². The lowest BCUT2D eigenvalue weighted by Gasteiger charge is -2.21. The monoisotopic (exact) mass is 343 g/mol. The third kappa shape index (κ3) is 3.07. The van der Waals surface area contributed by atoms with Crippen LogP contribution in [0.15, 0.2) is 30.9 Å². The Labute approximate surface area is 143 Å². The van der Waals surface area contributed by atoms with Gasteiger partial charge in [-0.05, 0) is 25.3 Å². The fourth-order valence-corrected chi connectivity index (χ4v) is 3.24. The molecule has 1 aliphatic rings. The number of rotatable bonds is 4. The molecule has 0 saturated heterocycles. The molecular formula is C17H18FN5O2. The molecule has 2 aromatic heterocycles. The highest BCUT2D eigenvalue weighted by atomic mass is 19.1. The van der Waals surface area contributed by atoms with Crippen molar-refractivity contribution in [3.63, 3.8) is 0 Å². The van der Waals surface area contributed by atoms with E-state index in [1.807, 2.05) is 7.05 Å². The maximum atomic E-state index is 14.2. The molecule has 25 heavy (non-hydrogen) atoms. The first-order valence-corrected chi connectivity index (χ1v) is 8.19. The maximum Gasteiger partial charge on any atom is 0.254 e. The molecule has 0 spiro atoms. The number of benzene rings is 1. The van der Waals surface area contributed by atoms with Crippen LogP contribution in [0.5, 0.6) is 5.75 Å². The van der Waals surface area contributed by atoms with E-state index in [9.17, 15) is 9.18 Å². The van der Waals surface area contributed by atoms with Gasteiger partial charge in [-0.25, -0.2) is 9.37 Å². The largest absolute Gasteiger partial charge is 0.485 e. The zero-order valence-electron chi connectivity index (χ0n) is 13.7. The molecule has 4 rings (SSSR count). The Kier molecular flexibility index (Phi) is 3.87. The molecule has 2 N–H and O–H groups in total. The summed E-state index contributed by atoms with van der Waals surface area (Å²) in [5, 5.41) is 6.97. The minimum atomic E-state index is -0.572. The average Bonchev–Trinajstić information content (AvgIpc) is 3.29. The molecule has 0 unspecified atom stereocenters. The summed E-state index contributed by atoms with van der Waals surface area (Å²) in [4.78, 5) is 19.4. The molecular weight excluding hydrogens is 325 g/mol. The van der Waals surface area contributed by atoms with Gasteiger partial charge in [-0.2, -0.15) is 5.10 Å². The minimum absolute atomic E-state index is 0.00775. The number of carbonyl (C=O) groups excluding carboxylic acids is 1.